The number of hydrogen-bond acceptors (Lipinski definition) is 8. The fourth-order valence-corrected chi connectivity index (χ4v) is 3.69. The fraction of sp³-hybridized carbons (Fsp3) is 0.364. The van der Waals surface area contributed by atoms with Gasteiger partial charge in [0, 0.05) is 25.2 Å². The molecule has 11 heteroatoms. The van der Waals surface area contributed by atoms with Crippen molar-refractivity contribution in [2.45, 2.75) is 13.5 Å². The van der Waals surface area contributed by atoms with Gasteiger partial charge < -0.3 is 14.2 Å². The summed E-state index contributed by atoms with van der Waals surface area (Å²) < 4.78 is 17.6. The third kappa shape index (κ3) is 7.52. The Labute approximate surface area is 199 Å². The molecule has 0 bridgehead atoms. The lowest BCUT2D eigenvalue weighted by molar-refractivity contribution is -0.384. The highest BCUT2D eigenvalue weighted by Crippen LogP contribution is 2.37. The maximum absolute atomic E-state index is 12.1. The van der Waals surface area contributed by atoms with Crippen molar-refractivity contribution in [3.8, 4) is 11.5 Å². The molecule has 2 aromatic carbocycles. The molecule has 2 aromatic rings. The van der Waals surface area contributed by atoms with E-state index in [-0.39, 0.29) is 24.7 Å². The number of hydrazone groups is 1. The van der Waals surface area contributed by atoms with Crippen molar-refractivity contribution in [3.63, 3.8) is 0 Å². The van der Waals surface area contributed by atoms with E-state index in [0.29, 0.717) is 41.4 Å². The Balaban J connectivity index is 1.62. The van der Waals surface area contributed by atoms with Gasteiger partial charge in [-0.3, -0.25) is 19.8 Å². The van der Waals surface area contributed by atoms with Crippen LogP contribution in [0.3, 0.4) is 0 Å². The van der Waals surface area contributed by atoms with Crippen LogP contribution in [0.5, 0.6) is 11.5 Å². The molecular formula is C22H25BrN4O6. The Morgan fingerprint density at radius 2 is 2.00 bits per heavy atom. The number of rotatable bonds is 10. The molecule has 0 unspecified atom stereocenters. The first-order valence-electron chi connectivity index (χ1n) is 10.4. The first-order chi connectivity index (χ1) is 16.0. The highest BCUT2D eigenvalue weighted by Gasteiger charge is 2.15. The molecule has 1 saturated heterocycles. The zero-order chi connectivity index (χ0) is 23.6. The van der Waals surface area contributed by atoms with Gasteiger partial charge in [0.2, 0.25) is 0 Å². The summed E-state index contributed by atoms with van der Waals surface area (Å²) in [6.45, 7) is 5.47. The van der Waals surface area contributed by atoms with Gasteiger partial charge in [-0.15, -0.1) is 0 Å². The van der Waals surface area contributed by atoms with Gasteiger partial charge in [-0.05, 0) is 58.2 Å². The van der Waals surface area contributed by atoms with Crippen molar-refractivity contribution in [3.05, 3.63) is 62.1 Å². The molecule has 0 spiro atoms. The maximum atomic E-state index is 12.1. The molecule has 0 aliphatic carbocycles. The van der Waals surface area contributed by atoms with Gasteiger partial charge >= 0.3 is 0 Å². The molecule has 33 heavy (non-hydrogen) atoms. The quantitative estimate of drug-likeness (QED) is 0.290. The van der Waals surface area contributed by atoms with E-state index in [0.717, 1.165) is 18.7 Å². The number of amides is 1. The van der Waals surface area contributed by atoms with Crippen LogP contribution in [0.4, 0.5) is 5.69 Å². The van der Waals surface area contributed by atoms with Gasteiger partial charge in [-0.25, -0.2) is 5.43 Å². The number of nitrogens with zero attached hydrogens (tertiary/aromatic N) is 3. The normalized spacial score (nSPS) is 14.2. The summed E-state index contributed by atoms with van der Waals surface area (Å²) in [6, 6.07) is 9.72. The molecule has 3 rings (SSSR count). The monoisotopic (exact) mass is 520 g/mol. The van der Waals surface area contributed by atoms with Crippen molar-refractivity contribution in [1.82, 2.24) is 10.3 Å². The van der Waals surface area contributed by atoms with Crippen molar-refractivity contribution < 1.29 is 23.9 Å². The number of morpholine rings is 1. The number of non-ortho nitro benzene ring substituents is 1. The molecule has 1 aliphatic heterocycles. The third-order valence-electron chi connectivity index (χ3n) is 4.74. The Bertz CT molecular complexity index is 993. The van der Waals surface area contributed by atoms with Gasteiger partial charge in [0.1, 0.15) is 6.61 Å². The average Bonchev–Trinajstić information content (AvgIpc) is 2.79. The number of carbonyl (C=O) groups is 1. The second-order valence-electron chi connectivity index (χ2n) is 7.16. The Morgan fingerprint density at radius 1 is 1.27 bits per heavy atom. The molecule has 1 amide bonds. The van der Waals surface area contributed by atoms with Gasteiger partial charge in [-0.1, -0.05) is 0 Å². The molecule has 1 heterocycles. The highest BCUT2D eigenvalue weighted by molar-refractivity contribution is 9.10. The van der Waals surface area contributed by atoms with Crippen LogP contribution in [0.2, 0.25) is 0 Å². The van der Waals surface area contributed by atoms with Crippen molar-refractivity contribution in [2.75, 3.05) is 39.5 Å². The molecule has 1 N–H and O–H groups in total. The van der Waals surface area contributed by atoms with E-state index in [1.54, 1.807) is 24.3 Å². The number of carbonyl (C=O) groups excluding carboxylic acids is 1. The van der Waals surface area contributed by atoms with Gasteiger partial charge in [0.25, 0.3) is 11.6 Å². The number of nitro benzene ring substituents is 1. The number of nitro groups is 1. The number of benzene rings is 2. The van der Waals surface area contributed by atoms with Crippen LogP contribution in [0.1, 0.15) is 18.1 Å². The van der Waals surface area contributed by atoms with E-state index in [9.17, 15) is 14.9 Å². The smallest absolute Gasteiger partial charge is 0.269 e. The van der Waals surface area contributed by atoms with Crippen molar-refractivity contribution in [1.29, 1.82) is 0 Å². The Kier molecular flexibility index (Phi) is 9.16. The van der Waals surface area contributed by atoms with Gasteiger partial charge in [-0.2, -0.15) is 5.10 Å². The molecule has 0 atom stereocenters. The second-order valence-corrected chi connectivity index (χ2v) is 8.01. The molecule has 0 saturated carbocycles. The van der Waals surface area contributed by atoms with Crippen LogP contribution in [-0.2, 0) is 16.1 Å². The fourth-order valence-electron chi connectivity index (χ4n) is 3.11. The van der Waals surface area contributed by atoms with Crippen LogP contribution in [0, 0.1) is 10.1 Å². The first kappa shape index (κ1) is 24.6. The van der Waals surface area contributed by atoms with Crippen molar-refractivity contribution >= 4 is 33.7 Å². The van der Waals surface area contributed by atoms with Crippen molar-refractivity contribution in [2.24, 2.45) is 5.10 Å². The molecule has 10 nitrogen and oxygen atoms in total. The minimum atomic E-state index is -0.445. The Morgan fingerprint density at radius 3 is 2.67 bits per heavy atom. The topological polar surface area (TPSA) is 116 Å². The van der Waals surface area contributed by atoms with E-state index >= 15 is 0 Å². The minimum absolute atomic E-state index is 0.0237. The lowest BCUT2D eigenvalue weighted by Crippen LogP contribution is -2.42. The van der Waals surface area contributed by atoms with Crippen LogP contribution < -0.4 is 14.9 Å². The van der Waals surface area contributed by atoms with E-state index in [1.165, 1.54) is 18.3 Å². The predicted octanol–water partition coefficient (Wildman–Crippen LogP) is 3.12. The average molecular weight is 521 g/mol. The highest BCUT2D eigenvalue weighted by atomic mass is 79.9. The van der Waals surface area contributed by atoms with E-state index in [4.69, 9.17) is 14.2 Å². The summed E-state index contributed by atoms with van der Waals surface area (Å²) >= 11 is 3.50. The van der Waals surface area contributed by atoms with Gasteiger partial charge in [0.05, 0.1) is 42.0 Å². The number of ether oxygens (including phenoxy) is 3. The number of nitrogens with one attached hydrogen (secondary N) is 1. The molecule has 0 radical (unpaired) electrons. The van der Waals surface area contributed by atoms with Crippen LogP contribution in [-0.4, -0.2) is 61.4 Å². The van der Waals surface area contributed by atoms with Crippen LogP contribution in [0.15, 0.2) is 46.0 Å². The lowest BCUT2D eigenvalue weighted by Gasteiger charge is -2.25. The summed E-state index contributed by atoms with van der Waals surface area (Å²) in [5.74, 6) is 0.818. The molecule has 0 aromatic heterocycles. The molecular weight excluding hydrogens is 496 g/mol. The summed E-state index contributed by atoms with van der Waals surface area (Å²) in [4.78, 5) is 24.4. The summed E-state index contributed by atoms with van der Waals surface area (Å²) in [7, 11) is 0. The maximum Gasteiger partial charge on any atom is 0.269 e. The minimum Gasteiger partial charge on any atom is -0.490 e. The third-order valence-corrected chi connectivity index (χ3v) is 5.32. The largest absolute Gasteiger partial charge is 0.490 e. The summed E-state index contributed by atoms with van der Waals surface area (Å²) in [6.07, 6.45) is 1.53. The van der Waals surface area contributed by atoms with E-state index < -0.39 is 4.92 Å². The predicted molar refractivity (Wildman–Crippen MR) is 126 cm³/mol. The lowest BCUT2D eigenvalue weighted by atomic mass is 10.2. The van der Waals surface area contributed by atoms with Crippen LogP contribution >= 0.6 is 15.9 Å². The zero-order valence-electron chi connectivity index (χ0n) is 18.2. The molecule has 176 valence electrons. The van der Waals surface area contributed by atoms with E-state index in [1.807, 2.05) is 11.8 Å². The molecule has 1 fully saturated rings. The zero-order valence-corrected chi connectivity index (χ0v) is 19.7. The standard InChI is InChI=1S/C22H25BrN4O6/c1-2-32-20-12-17(13-24-25-21(28)14-26-7-9-31-10-8-26)11-19(23)22(20)33-15-16-3-5-18(6-4-16)27(29)30/h3-6,11-13H,2,7-10,14-15H2,1H3,(H,25,28)/b24-13+. The molecule has 1 aliphatic rings. The summed E-state index contributed by atoms with van der Waals surface area (Å²) in [5, 5.41) is 14.8. The van der Waals surface area contributed by atoms with E-state index in [2.05, 4.69) is 26.5 Å². The number of hydrogen-bond donors (Lipinski definition) is 1. The Hall–Kier alpha value is -3.02. The second kappa shape index (κ2) is 12.3. The van der Waals surface area contributed by atoms with Crippen LogP contribution in [0.25, 0.3) is 0 Å². The summed E-state index contributed by atoms with van der Waals surface area (Å²) in [5.41, 5.74) is 4.05. The number of halogens is 1. The first-order valence-corrected chi connectivity index (χ1v) is 11.2. The SMILES string of the molecule is CCOc1cc(/C=N/NC(=O)CN2CCOCC2)cc(Br)c1OCc1ccc([N+](=O)[O-])cc1. The van der Waals surface area contributed by atoms with Gasteiger partial charge in [0.15, 0.2) is 11.5 Å².